The Morgan fingerprint density at radius 2 is 1.95 bits per heavy atom. The van der Waals surface area contributed by atoms with E-state index in [9.17, 15) is 0 Å². The summed E-state index contributed by atoms with van der Waals surface area (Å²) in [5.41, 5.74) is 4.54. The Bertz CT molecular complexity index is 673. The molecule has 0 aliphatic rings. The first-order valence-electron chi connectivity index (χ1n) is 7.32. The van der Waals surface area contributed by atoms with Crippen LogP contribution in [-0.2, 0) is 0 Å². The lowest BCUT2D eigenvalue weighted by atomic mass is 10.1. The third-order valence-corrected chi connectivity index (χ3v) is 3.41. The lowest BCUT2D eigenvalue weighted by molar-refractivity contribution is 1.05. The molecule has 2 rings (SSSR count). The van der Waals surface area contributed by atoms with Gasteiger partial charge in [0.15, 0.2) is 0 Å². The fourth-order valence-corrected chi connectivity index (χ4v) is 2.47. The van der Waals surface area contributed by atoms with Gasteiger partial charge < -0.3 is 0 Å². The van der Waals surface area contributed by atoms with E-state index in [1.807, 2.05) is 37.4 Å². The van der Waals surface area contributed by atoms with Crippen molar-refractivity contribution in [2.24, 2.45) is 4.99 Å². The van der Waals surface area contributed by atoms with Crippen LogP contribution in [0.5, 0.6) is 0 Å². The van der Waals surface area contributed by atoms with Crippen molar-refractivity contribution >= 4 is 24.2 Å². The number of aromatic nitrogens is 1. The van der Waals surface area contributed by atoms with Crippen LogP contribution >= 0.6 is 0 Å². The van der Waals surface area contributed by atoms with Crippen molar-refractivity contribution in [1.82, 2.24) is 4.57 Å². The molecule has 0 unspecified atom stereocenters. The topological polar surface area (TPSA) is 17.3 Å². The van der Waals surface area contributed by atoms with Crippen LogP contribution < -0.4 is 0 Å². The molecule has 108 valence electrons. The van der Waals surface area contributed by atoms with E-state index in [0.29, 0.717) is 0 Å². The average molecular weight is 278 g/mol. The molecule has 1 aromatic heterocycles. The molecule has 1 heterocycles. The second-order valence-electron chi connectivity index (χ2n) is 4.84. The smallest absolute Gasteiger partial charge is 0.140 e. The molecule has 0 saturated heterocycles. The van der Waals surface area contributed by atoms with E-state index in [2.05, 4.69) is 54.3 Å². The zero-order chi connectivity index (χ0) is 15.2. The third-order valence-electron chi connectivity index (χ3n) is 3.41. The lowest BCUT2D eigenvalue weighted by Crippen LogP contribution is -1.96. The summed E-state index contributed by atoms with van der Waals surface area (Å²) in [6.07, 6.45) is 8.95. The third kappa shape index (κ3) is 2.89. The molecule has 0 spiro atoms. The van der Waals surface area contributed by atoms with E-state index in [4.69, 9.17) is 0 Å². The maximum atomic E-state index is 4.67. The van der Waals surface area contributed by atoms with Crippen LogP contribution in [0.25, 0.3) is 17.8 Å². The van der Waals surface area contributed by atoms with Crippen LogP contribution in [0, 0.1) is 6.92 Å². The molecular weight excluding hydrogens is 256 g/mol. The number of rotatable bonds is 5. The van der Waals surface area contributed by atoms with Crippen LogP contribution in [0.3, 0.4) is 0 Å². The van der Waals surface area contributed by atoms with Crippen LogP contribution in [0.1, 0.15) is 37.1 Å². The van der Waals surface area contributed by atoms with Crippen molar-refractivity contribution in [2.45, 2.75) is 27.2 Å². The first kappa shape index (κ1) is 15.0. The molecule has 0 amide bonds. The zero-order valence-electron chi connectivity index (χ0n) is 13.0. The van der Waals surface area contributed by atoms with Crippen LogP contribution in [0.4, 0.5) is 5.82 Å². The van der Waals surface area contributed by atoms with Gasteiger partial charge in [-0.25, -0.2) is 4.99 Å². The standard InChI is InChI=1S/C19H22N2/c1-5-11-18-17(7-3)15(4)19(20-14-6-2)21(18)16-12-9-8-10-13-16/h5,7-14H,3,6H2,1-2,4H3/b11-5-,20-14-. The van der Waals surface area contributed by atoms with Crippen LogP contribution in [0.15, 0.2) is 48.0 Å². The van der Waals surface area contributed by atoms with Crippen molar-refractivity contribution in [3.63, 3.8) is 0 Å². The summed E-state index contributed by atoms with van der Waals surface area (Å²) < 4.78 is 2.19. The average Bonchev–Trinajstić information content (AvgIpc) is 2.78. The Morgan fingerprint density at radius 3 is 2.52 bits per heavy atom. The van der Waals surface area contributed by atoms with Crippen LogP contribution in [-0.4, -0.2) is 10.8 Å². The number of hydrogen-bond acceptors (Lipinski definition) is 1. The van der Waals surface area contributed by atoms with Gasteiger partial charge in [0.2, 0.25) is 0 Å². The van der Waals surface area contributed by atoms with Gasteiger partial charge in [-0.1, -0.05) is 43.9 Å². The molecule has 2 nitrogen and oxygen atoms in total. The molecule has 0 radical (unpaired) electrons. The first-order valence-corrected chi connectivity index (χ1v) is 7.32. The molecule has 0 bridgehead atoms. The summed E-state index contributed by atoms with van der Waals surface area (Å²) >= 11 is 0. The van der Waals surface area contributed by atoms with Gasteiger partial charge >= 0.3 is 0 Å². The maximum Gasteiger partial charge on any atom is 0.140 e. The fraction of sp³-hybridized carbons (Fsp3) is 0.211. The van der Waals surface area contributed by atoms with Crippen molar-refractivity contribution < 1.29 is 0 Å². The van der Waals surface area contributed by atoms with E-state index in [1.54, 1.807) is 0 Å². The quantitative estimate of drug-likeness (QED) is 0.636. The molecule has 2 heteroatoms. The number of allylic oxidation sites excluding steroid dienone is 1. The van der Waals surface area contributed by atoms with Crippen molar-refractivity contribution in [3.05, 3.63) is 59.8 Å². The van der Waals surface area contributed by atoms with Crippen molar-refractivity contribution in [1.29, 1.82) is 0 Å². The number of nitrogens with zero attached hydrogens (tertiary/aromatic N) is 2. The van der Waals surface area contributed by atoms with Crippen molar-refractivity contribution in [3.8, 4) is 5.69 Å². The SMILES string of the molecule is C=Cc1c(C)c(/N=C\CC)n(-c2ccccc2)c1/C=C\C. The Kier molecular flexibility index (Phi) is 4.94. The highest BCUT2D eigenvalue weighted by Gasteiger charge is 2.17. The van der Waals surface area contributed by atoms with E-state index in [0.717, 1.165) is 34.7 Å². The molecule has 2 aromatic rings. The molecule has 0 N–H and O–H groups in total. The minimum absolute atomic E-state index is 0.918. The summed E-state index contributed by atoms with van der Waals surface area (Å²) in [4.78, 5) is 4.67. The van der Waals surface area contributed by atoms with Gasteiger partial charge in [-0.3, -0.25) is 4.57 Å². The number of hydrogen-bond donors (Lipinski definition) is 0. The Labute approximate surface area is 127 Å². The summed E-state index contributed by atoms with van der Waals surface area (Å²) in [7, 11) is 0. The molecular formula is C19H22N2. The second-order valence-corrected chi connectivity index (χ2v) is 4.84. The minimum atomic E-state index is 0.918. The van der Waals surface area contributed by atoms with Gasteiger partial charge in [-0.05, 0) is 38.5 Å². The molecule has 0 aliphatic heterocycles. The predicted octanol–water partition coefficient (Wildman–Crippen LogP) is 5.57. The van der Waals surface area contributed by atoms with Crippen molar-refractivity contribution in [2.75, 3.05) is 0 Å². The van der Waals surface area contributed by atoms with E-state index in [-0.39, 0.29) is 0 Å². The summed E-state index contributed by atoms with van der Waals surface area (Å²) in [5.74, 6) is 0.978. The van der Waals surface area contributed by atoms with Crippen LogP contribution in [0.2, 0.25) is 0 Å². The van der Waals surface area contributed by atoms with Gasteiger partial charge in [0, 0.05) is 23.0 Å². The molecule has 1 aromatic carbocycles. The summed E-state index contributed by atoms with van der Waals surface area (Å²) in [6, 6.07) is 10.3. The Balaban J connectivity index is 2.80. The fourth-order valence-electron chi connectivity index (χ4n) is 2.47. The molecule has 0 aliphatic carbocycles. The van der Waals surface area contributed by atoms with Gasteiger partial charge in [0.1, 0.15) is 5.82 Å². The van der Waals surface area contributed by atoms with Gasteiger partial charge in [-0.15, -0.1) is 0 Å². The lowest BCUT2D eigenvalue weighted by Gasteiger charge is -2.09. The van der Waals surface area contributed by atoms with Gasteiger partial charge in [-0.2, -0.15) is 0 Å². The van der Waals surface area contributed by atoms with E-state index >= 15 is 0 Å². The Hall–Kier alpha value is -2.35. The predicted molar refractivity (Wildman–Crippen MR) is 93.7 cm³/mol. The molecule has 21 heavy (non-hydrogen) atoms. The van der Waals surface area contributed by atoms with E-state index in [1.165, 1.54) is 0 Å². The summed E-state index contributed by atoms with van der Waals surface area (Å²) in [5, 5.41) is 0. The largest absolute Gasteiger partial charge is 0.294 e. The monoisotopic (exact) mass is 278 g/mol. The molecule has 0 saturated carbocycles. The van der Waals surface area contributed by atoms with E-state index < -0.39 is 0 Å². The molecule has 0 fully saturated rings. The summed E-state index contributed by atoms with van der Waals surface area (Å²) in [6.45, 7) is 10.2. The minimum Gasteiger partial charge on any atom is -0.294 e. The number of para-hydroxylation sites is 1. The number of benzene rings is 1. The highest BCUT2D eigenvalue weighted by Crippen LogP contribution is 2.34. The number of aliphatic imine (C=N–C) groups is 1. The zero-order valence-corrected chi connectivity index (χ0v) is 13.0. The Morgan fingerprint density at radius 1 is 1.24 bits per heavy atom. The second kappa shape index (κ2) is 6.89. The highest BCUT2D eigenvalue weighted by atomic mass is 15.1. The highest BCUT2D eigenvalue weighted by molar-refractivity contribution is 5.76. The molecule has 0 atom stereocenters. The first-order chi connectivity index (χ1) is 10.2. The normalized spacial score (nSPS) is 11.6. The van der Waals surface area contributed by atoms with Gasteiger partial charge in [0.25, 0.3) is 0 Å². The maximum absolute atomic E-state index is 4.67. The van der Waals surface area contributed by atoms with Gasteiger partial charge in [0.05, 0.1) is 5.69 Å².